The molecule has 0 unspecified atom stereocenters. The molecule has 0 saturated carbocycles. The average Bonchev–Trinajstić information content (AvgIpc) is 2.62. The lowest BCUT2D eigenvalue weighted by atomic mass is 10.1. The summed E-state index contributed by atoms with van der Waals surface area (Å²) < 4.78 is 38.2. The van der Waals surface area contributed by atoms with Gasteiger partial charge in [0, 0.05) is 37.4 Å². The summed E-state index contributed by atoms with van der Waals surface area (Å²) in [5, 5.41) is 10.1. The van der Waals surface area contributed by atoms with Gasteiger partial charge in [-0.25, -0.2) is 4.98 Å². The lowest BCUT2D eigenvalue weighted by Gasteiger charge is -2.36. The van der Waals surface area contributed by atoms with E-state index in [1.54, 1.807) is 4.90 Å². The minimum absolute atomic E-state index is 0.0987. The molecule has 0 aliphatic carbocycles. The molecule has 10 heteroatoms. The molecule has 1 aliphatic heterocycles. The highest BCUT2D eigenvalue weighted by Gasteiger charge is 2.32. The molecular weight excluding hydrogens is 406 g/mol. The van der Waals surface area contributed by atoms with Gasteiger partial charge in [0.25, 0.3) is 5.91 Å². The van der Waals surface area contributed by atoms with E-state index in [9.17, 15) is 23.1 Å². The Hall–Kier alpha value is -2.19. The Morgan fingerprint density at radius 2 is 1.78 bits per heavy atom. The largest absolute Gasteiger partial charge is 0.507 e. The molecule has 0 atom stereocenters. The quantitative estimate of drug-likeness (QED) is 0.796. The van der Waals surface area contributed by atoms with Crippen LogP contribution in [0.1, 0.15) is 15.9 Å². The lowest BCUT2D eigenvalue weighted by Crippen LogP contribution is -2.49. The van der Waals surface area contributed by atoms with Crippen LogP contribution in [-0.2, 0) is 6.18 Å². The average molecular weight is 420 g/mol. The van der Waals surface area contributed by atoms with Crippen molar-refractivity contribution in [2.75, 3.05) is 31.1 Å². The number of carbonyl (C=O) groups excluding carboxylic acids is 1. The maximum atomic E-state index is 12.7. The van der Waals surface area contributed by atoms with Crippen molar-refractivity contribution in [2.45, 2.75) is 6.18 Å². The van der Waals surface area contributed by atoms with E-state index in [-0.39, 0.29) is 28.1 Å². The summed E-state index contributed by atoms with van der Waals surface area (Å²) in [4.78, 5) is 19.6. The SMILES string of the molecule is O=C(c1cc(Cl)ccc1O)N1CCN(c2ncc(C(F)(F)F)cc2Cl)CC1. The maximum Gasteiger partial charge on any atom is 0.417 e. The number of phenolic OH excluding ortho intramolecular Hbond substituents is 1. The van der Waals surface area contributed by atoms with Crippen LogP contribution in [0.3, 0.4) is 0 Å². The van der Waals surface area contributed by atoms with Crippen molar-refractivity contribution in [3.05, 3.63) is 51.6 Å². The Balaban J connectivity index is 1.70. The summed E-state index contributed by atoms with van der Waals surface area (Å²) in [6.07, 6.45) is -3.78. The number of rotatable bonds is 2. The highest BCUT2D eigenvalue weighted by molar-refractivity contribution is 6.33. The number of aromatic hydroxyl groups is 1. The molecule has 1 fully saturated rings. The standard InChI is InChI=1S/C17H14Cl2F3N3O2/c18-11-1-2-14(26)12(8-11)16(27)25-5-3-24(4-6-25)15-13(19)7-10(9-23-15)17(20,21)22/h1-2,7-9,26H,3-6H2. The van der Waals surface area contributed by atoms with Crippen molar-refractivity contribution in [3.63, 3.8) is 0 Å². The summed E-state index contributed by atoms with van der Waals surface area (Å²) in [6.45, 7) is 1.27. The Morgan fingerprint density at radius 3 is 2.37 bits per heavy atom. The zero-order valence-corrected chi connectivity index (χ0v) is 15.3. The number of phenols is 1. The van der Waals surface area contributed by atoms with Gasteiger partial charge < -0.3 is 14.9 Å². The van der Waals surface area contributed by atoms with E-state index in [0.29, 0.717) is 31.2 Å². The minimum atomic E-state index is -4.51. The Kier molecular flexibility index (Phi) is 5.39. The van der Waals surface area contributed by atoms with Crippen LogP contribution in [0.5, 0.6) is 5.75 Å². The number of piperazine rings is 1. The second-order valence-electron chi connectivity index (χ2n) is 5.97. The molecule has 0 spiro atoms. The number of carbonyl (C=O) groups is 1. The van der Waals surface area contributed by atoms with E-state index >= 15 is 0 Å². The fraction of sp³-hybridized carbons (Fsp3) is 0.294. The van der Waals surface area contributed by atoms with Crippen LogP contribution in [0.15, 0.2) is 30.5 Å². The molecule has 1 saturated heterocycles. The number of hydrogen-bond donors (Lipinski definition) is 1. The molecule has 2 heterocycles. The van der Waals surface area contributed by atoms with Gasteiger partial charge in [0.05, 0.1) is 16.1 Å². The smallest absolute Gasteiger partial charge is 0.417 e. The molecule has 1 aliphatic rings. The van der Waals surface area contributed by atoms with Crippen LogP contribution in [0.2, 0.25) is 10.0 Å². The molecule has 2 aromatic rings. The topological polar surface area (TPSA) is 56.7 Å². The first kappa shape index (κ1) is 19.6. The monoisotopic (exact) mass is 419 g/mol. The number of anilines is 1. The van der Waals surface area contributed by atoms with Gasteiger partial charge in [-0.2, -0.15) is 13.2 Å². The van der Waals surface area contributed by atoms with Gasteiger partial charge in [0.15, 0.2) is 0 Å². The van der Waals surface area contributed by atoms with Gasteiger partial charge in [-0.05, 0) is 24.3 Å². The lowest BCUT2D eigenvalue weighted by molar-refractivity contribution is -0.137. The van der Waals surface area contributed by atoms with E-state index in [1.165, 1.54) is 23.1 Å². The van der Waals surface area contributed by atoms with Gasteiger partial charge in [-0.1, -0.05) is 23.2 Å². The molecule has 1 N–H and O–H groups in total. The molecule has 5 nitrogen and oxygen atoms in total. The minimum Gasteiger partial charge on any atom is -0.507 e. The van der Waals surface area contributed by atoms with Crippen LogP contribution in [-0.4, -0.2) is 47.1 Å². The van der Waals surface area contributed by atoms with Crippen molar-refractivity contribution in [2.24, 2.45) is 0 Å². The third kappa shape index (κ3) is 4.22. The normalized spacial score (nSPS) is 15.1. The first-order valence-electron chi connectivity index (χ1n) is 7.92. The van der Waals surface area contributed by atoms with E-state index in [1.807, 2.05) is 0 Å². The first-order chi connectivity index (χ1) is 12.7. The molecule has 144 valence electrons. The summed E-state index contributed by atoms with van der Waals surface area (Å²) in [6, 6.07) is 5.05. The molecule has 27 heavy (non-hydrogen) atoms. The van der Waals surface area contributed by atoms with Gasteiger partial charge >= 0.3 is 6.18 Å². The van der Waals surface area contributed by atoms with Crippen molar-refractivity contribution in [1.29, 1.82) is 0 Å². The molecule has 1 amide bonds. The molecule has 3 rings (SSSR count). The fourth-order valence-corrected chi connectivity index (χ4v) is 3.25. The highest BCUT2D eigenvalue weighted by atomic mass is 35.5. The zero-order valence-electron chi connectivity index (χ0n) is 13.8. The highest BCUT2D eigenvalue weighted by Crippen LogP contribution is 2.34. The number of hydrogen-bond acceptors (Lipinski definition) is 4. The number of alkyl halides is 3. The molecule has 1 aromatic heterocycles. The van der Waals surface area contributed by atoms with Gasteiger partial charge in [-0.3, -0.25) is 4.79 Å². The summed E-state index contributed by atoms with van der Waals surface area (Å²) in [5.41, 5.74) is -0.817. The Morgan fingerprint density at radius 1 is 1.11 bits per heavy atom. The van der Waals surface area contributed by atoms with Gasteiger partial charge in [0.2, 0.25) is 0 Å². The van der Waals surface area contributed by atoms with E-state index in [0.717, 1.165) is 12.3 Å². The second kappa shape index (κ2) is 7.44. The Labute approximate surface area is 162 Å². The third-order valence-electron chi connectivity index (χ3n) is 4.20. The van der Waals surface area contributed by atoms with Crippen LogP contribution < -0.4 is 4.90 Å². The summed E-state index contributed by atoms with van der Waals surface area (Å²) in [7, 11) is 0. The van der Waals surface area contributed by atoms with Crippen molar-refractivity contribution >= 4 is 34.9 Å². The van der Waals surface area contributed by atoms with Crippen molar-refractivity contribution in [1.82, 2.24) is 9.88 Å². The molecule has 0 bridgehead atoms. The predicted molar refractivity (Wildman–Crippen MR) is 95.5 cm³/mol. The number of aromatic nitrogens is 1. The predicted octanol–water partition coefficient (Wildman–Crippen LogP) is 4.08. The van der Waals surface area contributed by atoms with Crippen LogP contribution in [0.4, 0.5) is 19.0 Å². The second-order valence-corrected chi connectivity index (χ2v) is 6.81. The van der Waals surface area contributed by atoms with Crippen molar-refractivity contribution < 1.29 is 23.1 Å². The van der Waals surface area contributed by atoms with Crippen LogP contribution in [0, 0.1) is 0 Å². The van der Waals surface area contributed by atoms with Crippen LogP contribution >= 0.6 is 23.2 Å². The first-order valence-corrected chi connectivity index (χ1v) is 8.68. The Bertz CT molecular complexity index is 869. The van der Waals surface area contributed by atoms with Gasteiger partial charge in [0.1, 0.15) is 11.6 Å². The summed E-state index contributed by atoms with van der Waals surface area (Å²) in [5.74, 6) is -0.303. The summed E-state index contributed by atoms with van der Waals surface area (Å²) >= 11 is 11.8. The maximum absolute atomic E-state index is 12.7. The number of nitrogens with zero attached hydrogens (tertiary/aromatic N) is 3. The van der Waals surface area contributed by atoms with E-state index < -0.39 is 11.7 Å². The zero-order chi connectivity index (χ0) is 19.8. The van der Waals surface area contributed by atoms with Crippen LogP contribution in [0.25, 0.3) is 0 Å². The fourth-order valence-electron chi connectivity index (χ4n) is 2.79. The van der Waals surface area contributed by atoms with E-state index in [4.69, 9.17) is 23.2 Å². The van der Waals surface area contributed by atoms with Gasteiger partial charge in [-0.15, -0.1) is 0 Å². The molecule has 0 radical (unpaired) electrons. The van der Waals surface area contributed by atoms with Crippen molar-refractivity contribution in [3.8, 4) is 5.75 Å². The number of benzene rings is 1. The number of halogens is 5. The molecule has 1 aromatic carbocycles. The third-order valence-corrected chi connectivity index (χ3v) is 4.72. The molecular formula is C17H14Cl2F3N3O2. The number of pyridine rings is 1. The number of amides is 1. The van der Waals surface area contributed by atoms with E-state index in [2.05, 4.69) is 4.98 Å².